The molecule has 0 aliphatic carbocycles. The third kappa shape index (κ3) is 2.07. The molecule has 0 radical (unpaired) electrons. The Kier molecular flexibility index (Phi) is 3.70. The fourth-order valence-corrected chi connectivity index (χ4v) is 1.63. The molecule has 3 nitrogen and oxygen atoms in total. The first-order chi connectivity index (χ1) is 5.66. The molecule has 12 heavy (non-hydrogen) atoms. The molecule has 1 heterocycles. The van der Waals surface area contributed by atoms with E-state index in [0.29, 0.717) is 10.1 Å². The van der Waals surface area contributed by atoms with Gasteiger partial charge < -0.3 is 0 Å². The average molecular weight is 343 g/mol. The molecule has 1 aromatic heterocycles. The minimum Gasteiger partial charge on any atom is -0.298 e. The van der Waals surface area contributed by atoms with Crippen LogP contribution in [-0.4, -0.2) is 14.9 Å². The van der Waals surface area contributed by atoms with E-state index >= 15 is 0 Å². The highest BCUT2D eigenvalue weighted by molar-refractivity contribution is 14.1. The van der Waals surface area contributed by atoms with Crippen LogP contribution in [0.3, 0.4) is 0 Å². The lowest BCUT2D eigenvalue weighted by molar-refractivity contribution is 0.706. The molecule has 1 aromatic rings. The van der Waals surface area contributed by atoms with Crippen molar-refractivity contribution in [2.45, 2.75) is 13.5 Å². The van der Waals surface area contributed by atoms with Gasteiger partial charge in [-0.3, -0.25) is 9.36 Å². The van der Waals surface area contributed by atoms with Gasteiger partial charge in [0.1, 0.15) is 0 Å². The van der Waals surface area contributed by atoms with Crippen molar-refractivity contribution in [3.05, 3.63) is 25.9 Å². The van der Waals surface area contributed by atoms with Gasteiger partial charge in [0.25, 0.3) is 5.56 Å². The minimum atomic E-state index is 0.0440. The van der Waals surface area contributed by atoms with E-state index in [0.717, 1.165) is 11.0 Å². The van der Waals surface area contributed by atoms with Crippen molar-refractivity contribution in [2.24, 2.45) is 0 Å². The molecular weight excluding hydrogens is 335 g/mol. The van der Waals surface area contributed by atoms with Crippen molar-refractivity contribution < 1.29 is 0 Å². The van der Waals surface area contributed by atoms with Crippen LogP contribution in [0.1, 0.15) is 5.69 Å². The van der Waals surface area contributed by atoms with E-state index in [2.05, 4.69) is 20.9 Å². The molecule has 0 atom stereocenters. The predicted molar refractivity (Wildman–Crippen MR) is 59.7 cm³/mol. The van der Waals surface area contributed by atoms with E-state index in [9.17, 15) is 4.79 Å². The summed E-state index contributed by atoms with van der Waals surface area (Å²) >= 11 is 5.30. The first-order valence-electron chi connectivity index (χ1n) is 3.44. The van der Waals surface area contributed by atoms with E-state index in [-0.39, 0.29) is 5.56 Å². The zero-order valence-electron chi connectivity index (χ0n) is 6.55. The van der Waals surface area contributed by atoms with Gasteiger partial charge in [-0.25, -0.2) is 4.98 Å². The second-order valence-corrected chi connectivity index (χ2v) is 4.20. The SMILES string of the molecule is Cc1ncn(CCBr)c(=O)c1I. The highest BCUT2D eigenvalue weighted by Crippen LogP contribution is 2.01. The van der Waals surface area contributed by atoms with Gasteiger partial charge in [0.15, 0.2) is 0 Å². The van der Waals surface area contributed by atoms with Crippen LogP contribution in [0, 0.1) is 10.5 Å². The molecule has 0 N–H and O–H groups in total. The Balaban J connectivity index is 3.18. The van der Waals surface area contributed by atoms with Gasteiger partial charge in [0, 0.05) is 11.9 Å². The zero-order chi connectivity index (χ0) is 9.14. The number of aromatic nitrogens is 2. The Labute approximate surface area is 92.5 Å². The fourth-order valence-electron chi connectivity index (χ4n) is 0.797. The summed E-state index contributed by atoms with van der Waals surface area (Å²) in [7, 11) is 0. The van der Waals surface area contributed by atoms with Crippen LogP contribution in [0.25, 0.3) is 0 Å². The standard InChI is InChI=1S/C7H8BrIN2O/c1-5-6(9)7(12)11(3-2-8)4-10-5/h4H,2-3H2,1H3. The molecule has 66 valence electrons. The van der Waals surface area contributed by atoms with Crippen molar-refractivity contribution in [2.75, 3.05) is 5.33 Å². The highest BCUT2D eigenvalue weighted by atomic mass is 127. The summed E-state index contributed by atoms with van der Waals surface area (Å²) in [5, 5.41) is 0.772. The molecule has 0 saturated heterocycles. The lowest BCUT2D eigenvalue weighted by atomic mass is 10.4. The number of nitrogens with zero attached hydrogens (tertiary/aromatic N) is 2. The maximum Gasteiger partial charge on any atom is 0.267 e. The van der Waals surface area contributed by atoms with Gasteiger partial charge in [0.05, 0.1) is 15.6 Å². The zero-order valence-corrected chi connectivity index (χ0v) is 10.3. The largest absolute Gasteiger partial charge is 0.298 e. The van der Waals surface area contributed by atoms with E-state index < -0.39 is 0 Å². The highest BCUT2D eigenvalue weighted by Gasteiger charge is 2.03. The van der Waals surface area contributed by atoms with E-state index in [4.69, 9.17) is 0 Å². The Morgan fingerprint density at radius 2 is 2.42 bits per heavy atom. The maximum absolute atomic E-state index is 11.5. The third-order valence-electron chi connectivity index (χ3n) is 1.48. The molecule has 0 aliphatic heterocycles. The van der Waals surface area contributed by atoms with Gasteiger partial charge in [-0.15, -0.1) is 0 Å². The van der Waals surface area contributed by atoms with Crippen LogP contribution in [0.15, 0.2) is 11.1 Å². The molecule has 0 aliphatic rings. The Hall–Kier alpha value is 0.0900. The number of alkyl halides is 1. The summed E-state index contributed by atoms with van der Waals surface area (Å²) in [6, 6.07) is 0. The van der Waals surface area contributed by atoms with Crippen LogP contribution in [0.2, 0.25) is 0 Å². The summed E-state index contributed by atoms with van der Waals surface area (Å²) < 4.78 is 2.31. The molecular formula is C7H8BrIN2O. The van der Waals surface area contributed by atoms with Crippen molar-refractivity contribution in [1.82, 2.24) is 9.55 Å². The summed E-state index contributed by atoms with van der Waals surface area (Å²) in [4.78, 5) is 15.6. The molecule has 0 aromatic carbocycles. The van der Waals surface area contributed by atoms with Gasteiger partial charge in [-0.05, 0) is 29.5 Å². The average Bonchev–Trinajstić information content (AvgIpc) is 2.07. The van der Waals surface area contributed by atoms with Crippen LogP contribution in [0.5, 0.6) is 0 Å². The van der Waals surface area contributed by atoms with Gasteiger partial charge in [-0.2, -0.15) is 0 Å². The maximum atomic E-state index is 11.5. The van der Waals surface area contributed by atoms with E-state index in [1.807, 2.05) is 29.5 Å². The van der Waals surface area contributed by atoms with Crippen molar-refractivity contribution >= 4 is 38.5 Å². The van der Waals surface area contributed by atoms with Crippen molar-refractivity contribution in [1.29, 1.82) is 0 Å². The molecule has 1 rings (SSSR count). The van der Waals surface area contributed by atoms with Crippen LogP contribution in [0.4, 0.5) is 0 Å². The molecule has 5 heteroatoms. The topological polar surface area (TPSA) is 34.9 Å². The molecule has 0 amide bonds. The summed E-state index contributed by atoms with van der Waals surface area (Å²) in [6.45, 7) is 2.50. The number of hydrogen-bond acceptors (Lipinski definition) is 2. The lowest BCUT2D eigenvalue weighted by Crippen LogP contribution is -2.24. The predicted octanol–water partition coefficient (Wildman–Crippen LogP) is 1.55. The first-order valence-corrected chi connectivity index (χ1v) is 5.64. The quantitative estimate of drug-likeness (QED) is 0.604. The lowest BCUT2D eigenvalue weighted by Gasteiger charge is -2.03. The van der Waals surface area contributed by atoms with Gasteiger partial charge in [-0.1, -0.05) is 15.9 Å². The molecule has 0 spiro atoms. The number of halogens is 2. The molecule has 0 fully saturated rings. The van der Waals surface area contributed by atoms with Gasteiger partial charge in [0.2, 0.25) is 0 Å². The Morgan fingerprint density at radius 1 is 1.75 bits per heavy atom. The molecule has 0 bridgehead atoms. The number of rotatable bonds is 2. The van der Waals surface area contributed by atoms with E-state index in [1.165, 1.54) is 0 Å². The minimum absolute atomic E-state index is 0.0440. The van der Waals surface area contributed by atoms with Crippen LogP contribution >= 0.6 is 38.5 Å². The Bertz CT molecular complexity index is 337. The monoisotopic (exact) mass is 342 g/mol. The first kappa shape index (κ1) is 10.2. The molecule has 0 unspecified atom stereocenters. The second-order valence-electron chi connectivity index (χ2n) is 2.33. The number of aryl methyl sites for hydroxylation is 2. The fraction of sp³-hybridized carbons (Fsp3) is 0.429. The summed E-state index contributed by atoms with van der Waals surface area (Å²) in [5.41, 5.74) is 0.842. The number of hydrogen-bond donors (Lipinski definition) is 0. The van der Waals surface area contributed by atoms with Crippen molar-refractivity contribution in [3.63, 3.8) is 0 Å². The molecule has 0 saturated carbocycles. The normalized spacial score (nSPS) is 10.2. The van der Waals surface area contributed by atoms with E-state index in [1.54, 1.807) is 10.9 Å². The third-order valence-corrected chi connectivity index (χ3v) is 3.08. The van der Waals surface area contributed by atoms with Crippen LogP contribution in [-0.2, 0) is 6.54 Å². The summed E-state index contributed by atoms with van der Waals surface area (Å²) in [5.74, 6) is 0. The summed E-state index contributed by atoms with van der Waals surface area (Å²) in [6.07, 6.45) is 1.58. The second kappa shape index (κ2) is 4.36. The smallest absolute Gasteiger partial charge is 0.267 e. The van der Waals surface area contributed by atoms with Gasteiger partial charge >= 0.3 is 0 Å². The Morgan fingerprint density at radius 3 is 3.00 bits per heavy atom. The van der Waals surface area contributed by atoms with Crippen LogP contribution < -0.4 is 5.56 Å². The van der Waals surface area contributed by atoms with Crippen molar-refractivity contribution in [3.8, 4) is 0 Å².